The van der Waals surface area contributed by atoms with Gasteiger partial charge in [0.1, 0.15) is 28.9 Å². The molecule has 0 bridgehead atoms. The Hall–Kier alpha value is -3.03. The average Bonchev–Trinajstić information content (AvgIpc) is 3.33. The van der Waals surface area contributed by atoms with Crippen LogP contribution in [-0.4, -0.2) is 55.6 Å². The molecule has 0 radical (unpaired) electrons. The molecule has 3 atom stereocenters. The molecule has 3 aromatic rings. The van der Waals surface area contributed by atoms with E-state index >= 15 is 0 Å². The van der Waals surface area contributed by atoms with Crippen LogP contribution in [0.4, 0.5) is 11.6 Å². The van der Waals surface area contributed by atoms with Gasteiger partial charge in [-0.25, -0.2) is 4.98 Å². The average molecular weight is 480 g/mol. The van der Waals surface area contributed by atoms with Crippen LogP contribution >= 0.6 is 11.6 Å². The summed E-state index contributed by atoms with van der Waals surface area (Å²) >= 11 is 6.33. The molecule has 176 valence electrons. The van der Waals surface area contributed by atoms with E-state index in [2.05, 4.69) is 9.97 Å². The van der Waals surface area contributed by atoms with Crippen molar-refractivity contribution in [2.75, 3.05) is 19.5 Å². The normalized spacial score (nSPS) is 20.4. The predicted molar refractivity (Wildman–Crippen MR) is 117 cm³/mol. The molecule has 1 aliphatic heterocycles. The standard InChI is InChI=1S/C20H22ClN5O7/c1-31-12-3-2-10(13(4-12)26(29)30)8-32-9-11-6-25(16-5-14(28)15(7-27)33-16)19-17(11)18(21)23-20(22)24-19/h2-4,6,14-16,27-28H,5,7-9H2,1H3,(H2,22,23,24)/t14-,15-,16-/m1/s1. The van der Waals surface area contributed by atoms with Crippen LogP contribution in [0.5, 0.6) is 5.75 Å². The van der Waals surface area contributed by atoms with Crippen LogP contribution in [0.15, 0.2) is 24.4 Å². The highest BCUT2D eigenvalue weighted by Crippen LogP contribution is 2.35. The molecule has 0 amide bonds. The molecular weight excluding hydrogens is 458 g/mol. The second-order valence-corrected chi connectivity index (χ2v) is 7.85. The molecule has 0 spiro atoms. The maximum atomic E-state index is 11.4. The van der Waals surface area contributed by atoms with Crippen LogP contribution < -0.4 is 10.5 Å². The Balaban J connectivity index is 1.61. The molecule has 13 heteroatoms. The summed E-state index contributed by atoms with van der Waals surface area (Å²) in [6.45, 7) is -0.324. The smallest absolute Gasteiger partial charge is 0.278 e. The van der Waals surface area contributed by atoms with Gasteiger partial charge in [-0.3, -0.25) is 10.1 Å². The number of nitro groups is 1. The van der Waals surface area contributed by atoms with Crippen molar-refractivity contribution >= 4 is 34.3 Å². The largest absolute Gasteiger partial charge is 0.497 e. The van der Waals surface area contributed by atoms with Crippen LogP contribution in [0.1, 0.15) is 23.8 Å². The van der Waals surface area contributed by atoms with Gasteiger partial charge in [0.15, 0.2) is 0 Å². The number of fused-ring (bicyclic) bond motifs is 1. The summed E-state index contributed by atoms with van der Waals surface area (Å²) in [7, 11) is 1.43. The van der Waals surface area contributed by atoms with E-state index in [0.717, 1.165) is 0 Å². The summed E-state index contributed by atoms with van der Waals surface area (Å²) < 4.78 is 18.2. The highest BCUT2D eigenvalue weighted by Gasteiger charge is 2.35. The second-order valence-electron chi connectivity index (χ2n) is 7.49. The Morgan fingerprint density at radius 2 is 2.12 bits per heavy atom. The Morgan fingerprint density at radius 1 is 1.36 bits per heavy atom. The van der Waals surface area contributed by atoms with E-state index in [9.17, 15) is 20.3 Å². The van der Waals surface area contributed by atoms with Crippen LogP contribution in [0.2, 0.25) is 5.15 Å². The minimum absolute atomic E-state index is 0.0361. The van der Waals surface area contributed by atoms with E-state index in [0.29, 0.717) is 27.9 Å². The molecule has 4 rings (SSSR count). The molecule has 33 heavy (non-hydrogen) atoms. The zero-order chi connectivity index (χ0) is 23.7. The number of rotatable bonds is 8. The fourth-order valence-electron chi connectivity index (χ4n) is 3.81. The lowest BCUT2D eigenvalue weighted by molar-refractivity contribution is -0.386. The van der Waals surface area contributed by atoms with E-state index in [1.54, 1.807) is 22.9 Å². The van der Waals surface area contributed by atoms with Gasteiger partial charge in [-0.05, 0) is 12.1 Å². The summed E-state index contributed by atoms with van der Waals surface area (Å²) in [6, 6.07) is 4.52. The zero-order valence-electron chi connectivity index (χ0n) is 17.5. The molecule has 1 aromatic carbocycles. The molecule has 1 aliphatic rings. The second kappa shape index (κ2) is 9.45. The Kier molecular flexibility index (Phi) is 6.63. The number of ether oxygens (including phenoxy) is 3. The van der Waals surface area contributed by atoms with Crippen LogP contribution in [-0.2, 0) is 22.7 Å². The SMILES string of the molecule is COc1ccc(COCc2cn([C@H]3C[C@@H](O)[C@@H](CO)O3)c3nc(N)nc(Cl)c23)c([N+](=O)[O-])c1. The minimum atomic E-state index is -0.845. The number of aliphatic hydroxyl groups is 2. The summed E-state index contributed by atoms with van der Waals surface area (Å²) in [5.41, 5.74) is 7.03. The van der Waals surface area contributed by atoms with Crippen molar-refractivity contribution < 1.29 is 29.3 Å². The molecule has 4 N–H and O–H groups in total. The van der Waals surface area contributed by atoms with Gasteiger partial charge in [0, 0.05) is 18.2 Å². The third kappa shape index (κ3) is 4.56. The van der Waals surface area contributed by atoms with Crippen molar-refractivity contribution in [1.82, 2.24) is 14.5 Å². The molecular formula is C20H22ClN5O7. The van der Waals surface area contributed by atoms with E-state index in [-0.39, 0.29) is 43.0 Å². The predicted octanol–water partition coefficient (Wildman–Crippen LogP) is 1.94. The van der Waals surface area contributed by atoms with E-state index in [4.69, 9.17) is 31.5 Å². The van der Waals surface area contributed by atoms with Crippen LogP contribution in [0.25, 0.3) is 11.0 Å². The molecule has 0 saturated carbocycles. The first-order valence-electron chi connectivity index (χ1n) is 9.98. The van der Waals surface area contributed by atoms with Crippen molar-refractivity contribution in [2.45, 2.75) is 38.1 Å². The maximum absolute atomic E-state index is 11.4. The van der Waals surface area contributed by atoms with Gasteiger partial charge in [0.05, 0.1) is 55.0 Å². The number of halogens is 1. The van der Waals surface area contributed by atoms with Gasteiger partial charge >= 0.3 is 0 Å². The summed E-state index contributed by atoms with van der Waals surface area (Å²) in [6.07, 6.45) is -0.250. The monoisotopic (exact) mass is 479 g/mol. The molecule has 12 nitrogen and oxygen atoms in total. The number of benzene rings is 1. The zero-order valence-corrected chi connectivity index (χ0v) is 18.3. The van der Waals surface area contributed by atoms with E-state index in [1.165, 1.54) is 13.2 Å². The number of aromatic nitrogens is 3. The van der Waals surface area contributed by atoms with Crippen molar-refractivity contribution in [3.8, 4) is 5.75 Å². The number of nitrogens with zero attached hydrogens (tertiary/aromatic N) is 4. The fraction of sp³-hybridized carbons (Fsp3) is 0.400. The number of anilines is 1. The first-order valence-corrected chi connectivity index (χ1v) is 10.4. The molecule has 0 aliphatic carbocycles. The van der Waals surface area contributed by atoms with Crippen LogP contribution in [0, 0.1) is 10.1 Å². The van der Waals surface area contributed by atoms with Crippen molar-refractivity contribution in [2.24, 2.45) is 0 Å². The highest BCUT2D eigenvalue weighted by atomic mass is 35.5. The third-order valence-electron chi connectivity index (χ3n) is 5.42. The van der Waals surface area contributed by atoms with E-state index in [1.807, 2.05) is 0 Å². The lowest BCUT2D eigenvalue weighted by Crippen LogP contribution is -2.24. The number of nitrogens with two attached hydrogens (primary N) is 1. The Morgan fingerprint density at radius 3 is 2.79 bits per heavy atom. The quantitative estimate of drug-likeness (QED) is 0.246. The fourth-order valence-corrected chi connectivity index (χ4v) is 4.10. The highest BCUT2D eigenvalue weighted by molar-refractivity contribution is 6.34. The number of hydrogen-bond donors (Lipinski definition) is 3. The van der Waals surface area contributed by atoms with Crippen LogP contribution in [0.3, 0.4) is 0 Å². The Bertz CT molecular complexity index is 1190. The summed E-state index contributed by atoms with van der Waals surface area (Å²) in [5, 5.41) is 31.5. The van der Waals surface area contributed by atoms with Gasteiger partial charge in [0.2, 0.25) is 5.95 Å². The molecule has 1 fully saturated rings. The number of nitrogen functional groups attached to an aromatic ring is 1. The Labute approximate surface area is 192 Å². The van der Waals surface area contributed by atoms with Gasteiger partial charge in [0.25, 0.3) is 5.69 Å². The summed E-state index contributed by atoms with van der Waals surface area (Å²) in [5.74, 6) is 0.334. The molecule has 1 saturated heterocycles. The number of hydrogen-bond acceptors (Lipinski definition) is 10. The van der Waals surface area contributed by atoms with E-state index < -0.39 is 23.4 Å². The lowest BCUT2D eigenvalue weighted by atomic mass is 10.2. The number of nitro benzene ring substituents is 1. The first kappa shape index (κ1) is 23.1. The number of aliphatic hydroxyl groups excluding tert-OH is 2. The topological polar surface area (TPSA) is 168 Å². The van der Waals surface area contributed by atoms with Crippen molar-refractivity contribution in [3.05, 3.63) is 50.8 Å². The van der Waals surface area contributed by atoms with Crippen molar-refractivity contribution in [3.63, 3.8) is 0 Å². The molecule has 0 unspecified atom stereocenters. The lowest BCUT2D eigenvalue weighted by Gasteiger charge is -2.14. The van der Waals surface area contributed by atoms with Crippen molar-refractivity contribution in [1.29, 1.82) is 0 Å². The van der Waals surface area contributed by atoms with Gasteiger partial charge in [-0.2, -0.15) is 4.98 Å². The minimum Gasteiger partial charge on any atom is -0.497 e. The maximum Gasteiger partial charge on any atom is 0.278 e. The molecule has 2 aromatic heterocycles. The summed E-state index contributed by atoms with van der Waals surface area (Å²) in [4.78, 5) is 19.2. The molecule has 3 heterocycles. The third-order valence-corrected chi connectivity index (χ3v) is 5.70. The number of methoxy groups -OCH3 is 1. The van der Waals surface area contributed by atoms with Gasteiger partial charge in [-0.1, -0.05) is 11.6 Å². The van der Waals surface area contributed by atoms with Gasteiger partial charge in [-0.15, -0.1) is 0 Å². The van der Waals surface area contributed by atoms with Gasteiger partial charge < -0.3 is 34.7 Å². The first-order chi connectivity index (χ1) is 15.8.